The summed E-state index contributed by atoms with van der Waals surface area (Å²) in [5.74, 6) is 0. The molecule has 0 atom stereocenters. The Morgan fingerprint density at radius 3 is 2.10 bits per heavy atom. The van der Waals surface area contributed by atoms with Gasteiger partial charge in [-0.3, -0.25) is 0 Å². The molecule has 2 aromatic carbocycles. The third kappa shape index (κ3) is 5.11. The first-order valence-corrected chi connectivity index (χ1v) is 6.72. The topological polar surface area (TPSA) is 0 Å². The summed E-state index contributed by atoms with van der Waals surface area (Å²) in [7, 11) is 0. The van der Waals surface area contributed by atoms with Crippen LogP contribution in [0.15, 0.2) is 73.8 Å². The third-order valence-corrected chi connectivity index (χ3v) is 3.09. The lowest BCUT2D eigenvalue weighted by molar-refractivity contribution is 1.33. The van der Waals surface area contributed by atoms with E-state index in [2.05, 4.69) is 57.3 Å². The van der Waals surface area contributed by atoms with Crippen molar-refractivity contribution in [2.75, 3.05) is 0 Å². The molecule has 0 aliphatic heterocycles. The summed E-state index contributed by atoms with van der Waals surface area (Å²) in [5, 5.41) is 0. The molecule has 0 aliphatic rings. The highest BCUT2D eigenvalue weighted by Crippen LogP contribution is 2.12. The van der Waals surface area contributed by atoms with Crippen molar-refractivity contribution in [3.63, 3.8) is 0 Å². The fraction of sp³-hybridized carbons (Fsp3) is 0.100. The highest BCUT2D eigenvalue weighted by molar-refractivity contribution is 5.53. The number of aryl methyl sites for hydroxylation is 1. The monoisotopic (exact) mass is 262 g/mol. The summed E-state index contributed by atoms with van der Waals surface area (Å²) >= 11 is 0. The summed E-state index contributed by atoms with van der Waals surface area (Å²) in [6, 6.07) is 16.4. The second-order valence-corrected chi connectivity index (χ2v) is 4.50. The second kappa shape index (κ2) is 8.71. The van der Waals surface area contributed by atoms with Gasteiger partial charge in [0.2, 0.25) is 0 Å². The van der Waals surface area contributed by atoms with Crippen molar-refractivity contribution < 1.29 is 0 Å². The molecule has 0 spiro atoms. The smallest absolute Gasteiger partial charge is 0.0231 e. The molecule has 0 unspecified atom stereocenters. The molecule has 0 fully saturated rings. The van der Waals surface area contributed by atoms with Crippen molar-refractivity contribution in [3.8, 4) is 0 Å². The van der Waals surface area contributed by atoms with Gasteiger partial charge in [0.25, 0.3) is 0 Å². The van der Waals surface area contributed by atoms with E-state index in [9.17, 15) is 0 Å². The van der Waals surface area contributed by atoms with Crippen molar-refractivity contribution in [1.29, 1.82) is 0 Å². The van der Waals surface area contributed by atoms with Crippen LogP contribution in [0.5, 0.6) is 0 Å². The fourth-order valence-electron chi connectivity index (χ4n) is 1.74. The zero-order valence-electron chi connectivity index (χ0n) is 12.3. The number of rotatable bonds is 3. The SMILES string of the molecule is C=CC=Cc1ccccc1.C=Cc1cccc(C)c1C. The van der Waals surface area contributed by atoms with Crippen LogP contribution in [0.3, 0.4) is 0 Å². The van der Waals surface area contributed by atoms with E-state index >= 15 is 0 Å². The van der Waals surface area contributed by atoms with Gasteiger partial charge < -0.3 is 0 Å². The predicted molar refractivity (Wildman–Crippen MR) is 91.7 cm³/mol. The maximum Gasteiger partial charge on any atom is -0.0231 e. The van der Waals surface area contributed by atoms with Gasteiger partial charge in [0.1, 0.15) is 0 Å². The van der Waals surface area contributed by atoms with E-state index in [1.807, 2.05) is 36.4 Å². The fourth-order valence-corrected chi connectivity index (χ4v) is 1.74. The normalized spacial score (nSPS) is 9.70. The van der Waals surface area contributed by atoms with Gasteiger partial charge >= 0.3 is 0 Å². The van der Waals surface area contributed by atoms with Crippen LogP contribution in [-0.2, 0) is 0 Å². The van der Waals surface area contributed by atoms with Crippen LogP contribution >= 0.6 is 0 Å². The van der Waals surface area contributed by atoms with Gasteiger partial charge in [0, 0.05) is 0 Å². The Morgan fingerprint density at radius 1 is 0.850 bits per heavy atom. The Labute approximate surface area is 122 Å². The van der Waals surface area contributed by atoms with Crippen molar-refractivity contribution in [2.45, 2.75) is 13.8 Å². The zero-order valence-corrected chi connectivity index (χ0v) is 12.3. The molecule has 0 heteroatoms. The Balaban J connectivity index is 0.000000200. The van der Waals surface area contributed by atoms with E-state index in [1.54, 1.807) is 6.08 Å². The molecule has 0 amide bonds. The molecule has 2 aromatic rings. The van der Waals surface area contributed by atoms with Gasteiger partial charge in [-0.05, 0) is 36.1 Å². The minimum atomic E-state index is 1.21. The largest absolute Gasteiger partial charge is 0.0991 e. The molecule has 0 heterocycles. The first kappa shape index (κ1) is 15.7. The van der Waals surface area contributed by atoms with Crippen LogP contribution in [-0.4, -0.2) is 0 Å². The minimum Gasteiger partial charge on any atom is -0.0991 e. The molecular formula is C20H22. The molecule has 102 valence electrons. The molecule has 2 rings (SSSR count). The van der Waals surface area contributed by atoms with E-state index < -0.39 is 0 Å². The van der Waals surface area contributed by atoms with Crippen LogP contribution in [0, 0.1) is 13.8 Å². The number of hydrogen-bond donors (Lipinski definition) is 0. The van der Waals surface area contributed by atoms with E-state index in [0.717, 1.165) is 0 Å². The van der Waals surface area contributed by atoms with Crippen molar-refractivity contribution >= 4 is 12.2 Å². The maximum atomic E-state index is 3.73. The van der Waals surface area contributed by atoms with Gasteiger partial charge in [-0.15, -0.1) is 0 Å². The summed E-state index contributed by atoms with van der Waals surface area (Å²) in [5.41, 5.74) is 5.11. The van der Waals surface area contributed by atoms with Crippen LogP contribution in [0.4, 0.5) is 0 Å². The minimum absolute atomic E-state index is 1.21. The summed E-state index contributed by atoms with van der Waals surface area (Å²) < 4.78 is 0. The van der Waals surface area contributed by atoms with Crippen molar-refractivity contribution in [3.05, 3.63) is 96.1 Å². The maximum absolute atomic E-state index is 3.73. The molecule has 0 saturated carbocycles. The Morgan fingerprint density at radius 2 is 1.55 bits per heavy atom. The lowest BCUT2D eigenvalue weighted by Gasteiger charge is -2.01. The number of hydrogen-bond acceptors (Lipinski definition) is 0. The highest BCUT2D eigenvalue weighted by Gasteiger charge is 1.93. The zero-order chi connectivity index (χ0) is 14.8. The Bertz CT molecular complexity index is 574. The highest BCUT2D eigenvalue weighted by atomic mass is 14.0. The molecule has 20 heavy (non-hydrogen) atoms. The Kier molecular flexibility index (Phi) is 6.84. The summed E-state index contributed by atoms with van der Waals surface area (Å²) in [4.78, 5) is 0. The standard InChI is InChI=1S/C10H12.C10H10/c1-4-10-7-5-6-8(2)9(10)3;1-2-3-7-10-8-5-4-6-9-10/h4-7H,1H2,2-3H3;2-9H,1H2. The molecule has 0 aromatic heterocycles. The predicted octanol–water partition coefficient (Wildman–Crippen LogP) is 5.83. The first-order valence-electron chi connectivity index (χ1n) is 6.72. The lowest BCUT2D eigenvalue weighted by Crippen LogP contribution is -1.83. The van der Waals surface area contributed by atoms with Crippen molar-refractivity contribution in [2.24, 2.45) is 0 Å². The summed E-state index contributed by atoms with van der Waals surface area (Å²) in [6.07, 6.45) is 7.61. The van der Waals surface area contributed by atoms with E-state index in [-0.39, 0.29) is 0 Å². The van der Waals surface area contributed by atoms with E-state index in [4.69, 9.17) is 0 Å². The van der Waals surface area contributed by atoms with Gasteiger partial charge in [-0.2, -0.15) is 0 Å². The van der Waals surface area contributed by atoms with Gasteiger partial charge in [-0.1, -0.05) is 86.0 Å². The third-order valence-electron chi connectivity index (χ3n) is 3.09. The number of benzene rings is 2. The van der Waals surface area contributed by atoms with E-state index in [1.165, 1.54) is 22.3 Å². The first-order chi connectivity index (χ1) is 9.69. The molecule has 0 N–H and O–H groups in total. The van der Waals surface area contributed by atoms with E-state index in [0.29, 0.717) is 0 Å². The van der Waals surface area contributed by atoms with Gasteiger partial charge in [0.15, 0.2) is 0 Å². The molecule has 0 radical (unpaired) electrons. The molecule has 0 bridgehead atoms. The average molecular weight is 262 g/mol. The molecular weight excluding hydrogens is 240 g/mol. The van der Waals surface area contributed by atoms with Crippen LogP contribution in [0.1, 0.15) is 22.3 Å². The number of allylic oxidation sites excluding steroid dienone is 2. The lowest BCUT2D eigenvalue weighted by atomic mass is 10.0. The van der Waals surface area contributed by atoms with Crippen LogP contribution in [0.25, 0.3) is 12.2 Å². The van der Waals surface area contributed by atoms with Crippen LogP contribution in [0.2, 0.25) is 0 Å². The Hall–Kier alpha value is -2.34. The van der Waals surface area contributed by atoms with Gasteiger partial charge in [0.05, 0.1) is 0 Å². The van der Waals surface area contributed by atoms with Crippen LogP contribution < -0.4 is 0 Å². The van der Waals surface area contributed by atoms with Gasteiger partial charge in [-0.25, -0.2) is 0 Å². The van der Waals surface area contributed by atoms with Crippen molar-refractivity contribution in [1.82, 2.24) is 0 Å². The molecule has 0 nitrogen and oxygen atoms in total. The second-order valence-electron chi connectivity index (χ2n) is 4.50. The summed E-state index contributed by atoms with van der Waals surface area (Å²) in [6.45, 7) is 11.6. The molecule has 0 saturated heterocycles. The quantitative estimate of drug-likeness (QED) is 0.610. The molecule has 0 aliphatic carbocycles. The average Bonchev–Trinajstić information content (AvgIpc) is 2.50.